The zero-order chi connectivity index (χ0) is 13.8. The van der Waals surface area contributed by atoms with Gasteiger partial charge < -0.3 is 10.1 Å². The third-order valence-electron chi connectivity index (χ3n) is 2.82. The number of anilines is 1. The molecule has 0 aliphatic rings. The number of nitrogens with one attached hydrogen (secondary N) is 1. The molecule has 0 unspecified atom stereocenters. The average molecular weight is 263 g/mol. The Morgan fingerprint density at radius 3 is 2.79 bits per heavy atom. The predicted molar refractivity (Wildman–Crippen MR) is 72.9 cm³/mol. The van der Waals surface area contributed by atoms with E-state index in [9.17, 15) is 4.39 Å². The quantitative estimate of drug-likeness (QED) is 0.900. The van der Waals surface area contributed by atoms with Gasteiger partial charge in [0.1, 0.15) is 11.6 Å². The van der Waals surface area contributed by atoms with Crippen LogP contribution in [0.15, 0.2) is 30.5 Å². The predicted octanol–water partition coefficient (Wildman–Crippen LogP) is 3.22. The third kappa shape index (κ3) is 3.24. The smallest absolute Gasteiger partial charge is 0.144 e. The molecule has 5 heteroatoms. The van der Waals surface area contributed by atoms with Crippen molar-refractivity contribution in [1.82, 2.24) is 9.78 Å². The fourth-order valence-corrected chi connectivity index (χ4v) is 1.76. The minimum Gasteiger partial charge on any atom is -0.494 e. The summed E-state index contributed by atoms with van der Waals surface area (Å²) in [6, 6.07) is 6.72. The molecular formula is C14H18FN3O. The first-order valence-corrected chi connectivity index (χ1v) is 6.21. The Morgan fingerprint density at radius 1 is 1.37 bits per heavy atom. The lowest BCUT2D eigenvalue weighted by Gasteiger charge is -2.10. The molecule has 0 radical (unpaired) electrons. The van der Waals surface area contributed by atoms with Gasteiger partial charge in [-0.2, -0.15) is 5.10 Å². The van der Waals surface area contributed by atoms with Crippen LogP contribution in [-0.4, -0.2) is 16.9 Å². The van der Waals surface area contributed by atoms with Gasteiger partial charge in [-0.15, -0.1) is 0 Å². The molecule has 2 rings (SSSR count). The minimum atomic E-state index is -0.313. The maximum absolute atomic E-state index is 13.1. The summed E-state index contributed by atoms with van der Waals surface area (Å²) in [5, 5.41) is 7.63. The molecule has 102 valence electrons. The monoisotopic (exact) mass is 263 g/mol. The third-order valence-corrected chi connectivity index (χ3v) is 2.82. The molecule has 0 spiro atoms. The summed E-state index contributed by atoms with van der Waals surface area (Å²) >= 11 is 0. The lowest BCUT2D eigenvalue weighted by Crippen LogP contribution is -2.05. The van der Waals surface area contributed by atoms with Crippen molar-refractivity contribution in [2.75, 3.05) is 12.4 Å². The molecule has 0 bridgehead atoms. The molecule has 2 aromatic rings. The normalized spacial score (nSPS) is 10.8. The van der Waals surface area contributed by atoms with Crippen LogP contribution in [0.2, 0.25) is 0 Å². The van der Waals surface area contributed by atoms with Crippen LogP contribution >= 0.6 is 0 Å². The minimum absolute atomic E-state index is 0.313. The summed E-state index contributed by atoms with van der Waals surface area (Å²) in [6.45, 7) is 4.72. The van der Waals surface area contributed by atoms with Gasteiger partial charge >= 0.3 is 0 Å². The molecule has 19 heavy (non-hydrogen) atoms. The van der Waals surface area contributed by atoms with Crippen LogP contribution in [0.1, 0.15) is 25.6 Å². The summed E-state index contributed by atoms with van der Waals surface area (Å²) in [5.41, 5.74) is 1.68. The molecule has 0 saturated heterocycles. The second-order valence-electron chi connectivity index (χ2n) is 4.58. The Morgan fingerprint density at radius 2 is 2.16 bits per heavy atom. The van der Waals surface area contributed by atoms with Crippen LogP contribution in [0, 0.1) is 5.82 Å². The van der Waals surface area contributed by atoms with Gasteiger partial charge in [0.05, 0.1) is 25.0 Å². The summed E-state index contributed by atoms with van der Waals surface area (Å²) < 4.78 is 20.1. The van der Waals surface area contributed by atoms with E-state index in [1.165, 1.54) is 19.2 Å². The molecule has 0 fully saturated rings. The van der Waals surface area contributed by atoms with Crippen molar-refractivity contribution in [1.29, 1.82) is 0 Å². The fourth-order valence-electron chi connectivity index (χ4n) is 1.76. The van der Waals surface area contributed by atoms with E-state index in [1.54, 1.807) is 6.07 Å². The molecule has 0 atom stereocenters. The molecule has 0 aliphatic carbocycles. The highest BCUT2D eigenvalue weighted by atomic mass is 19.1. The molecule has 1 heterocycles. The summed E-state index contributed by atoms with van der Waals surface area (Å²) in [5.74, 6) is 0.176. The van der Waals surface area contributed by atoms with Gasteiger partial charge in [0.15, 0.2) is 0 Å². The van der Waals surface area contributed by atoms with E-state index in [-0.39, 0.29) is 5.82 Å². The van der Waals surface area contributed by atoms with Crippen molar-refractivity contribution in [2.24, 2.45) is 0 Å². The van der Waals surface area contributed by atoms with Gasteiger partial charge in [-0.05, 0) is 32.0 Å². The number of hydrogen-bond donors (Lipinski definition) is 1. The molecule has 1 aromatic heterocycles. The van der Waals surface area contributed by atoms with E-state index in [4.69, 9.17) is 4.74 Å². The van der Waals surface area contributed by atoms with Gasteiger partial charge in [0.25, 0.3) is 0 Å². The van der Waals surface area contributed by atoms with Crippen LogP contribution in [0.25, 0.3) is 0 Å². The van der Waals surface area contributed by atoms with Crippen molar-refractivity contribution < 1.29 is 9.13 Å². The van der Waals surface area contributed by atoms with Crippen LogP contribution < -0.4 is 10.1 Å². The topological polar surface area (TPSA) is 39.1 Å². The molecule has 1 aromatic carbocycles. The standard InChI is InChI=1S/C14H18FN3O/c1-10(2)18-7-6-12(17-18)9-16-13-5-4-11(15)8-14(13)19-3/h4-8,10,16H,9H2,1-3H3. The van der Waals surface area contributed by atoms with Gasteiger partial charge in [-0.25, -0.2) is 4.39 Å². The fraction of sp³-hybridized carbons (Fsp3) is 0.357. The van der Waals surface area contributed by atoms with Gasteiger partial charge in [-0.1, -0.05) is 0 Å². The number of nitrogens with zero attached hydrogens (tertiary/aromatic N) is 2. The Balaban J connectivity index is 2.05. The SMILES string of the molecule is COc1cc(F)ccc1NCc1ccn(C(C)C)n1. The number of methoxy groups -OCH3 is 1. The lowest BCUT2D eigenvalue weighted by molar-refractivity contribution is 0.413. The van der Waals surface area contributed by atoms with E-state index in [0.717, 1.165) is 11.4 Å². The van der Waals surface area contributed by atoms with Crippen LogP contribution in [0.3, 0.4) is 0 Å². The second-order valence-corrected chi connectivity index (χ2v) is 4.58. The zero-order valence-electron chi connectivity index (χ0n) is 11.4. The van der Waals surface area contributed by atoms with E-state index in [1.807, 2.05) is 16.9 Å². The first-order chi connectivity index (χ1) is 9.10. The Bertz CT molecular complexity index is 551. The van der Waals surface area contributed by atoms with E-state index in [2.05, 4.69) is 24.3 Å². The number of aromatic nitrogens is 2. The lowest BCUT2D eigenvalue weighted by atomic mass is 10.2. The highest BCUT2D eigenvalue weighted by Crippen LogP contribution is 2.25. The molecule has 0 amide bonds. The molecule has 4 nitrogen and oxygen atoms in total. The number of benzene rings is 1. The number of halogens is 1. The molecule has 1 N–H and O–H groups in total. The van der Waals surface area contributed by atoms with Crippen molar-refractivity contribution in [3.63, 3.8) is 0 Å². The molecule has 0 aliphatic heterocycles. The van der Waals surface area contributed by atoms with Crippen molar-refractivity contribution >= 4 is 5.69 Å². The van der Waals surface area contributed by atoms with Gasteiger partial charge in [-0.3, -0.25) is 4.68 Å². The summed E-state index contributed by atoms with van der Waals surface area (Å²) in [7, 11) is 1.52. The Hall–Kier alpha value is -2.04. The van der Waals surface area contributed by atoms with Crippen molar-refractivity contribution in [2.45, 2.75) is 26.4 Å². The van der Waals surface area contributed by atoms with E-state index >= 15 is 0 Å². The van der Waals surface area contributed by atoms with Crippen LogP contribution in [0.5, 0.6) is 5.75 Å². The van der Waals surface area contributed by atoms with Gasteiger partial charge in [0.2, 0.25) is 0 Å². The van der Waals surface area contributed by atoms with Gasteiger partial charge in [0, 0.05) is 18.3 Å². The maximum Gasteiger partial charge on any atom is 0.144 e. The summed E-state index contributed by atoms with van der Waals surface area (Å²) in [6.07, 6.45) is 1.95. The Labute approximate surface area is 112 Å². The average Bonchev–Trinajstić information content (AvgIpc) is 2.86. The van der Waals surface area contributed by atoms with E-state index < -0.39 is 0 Å². The number of rotatable bonds is 5. The van der Waals surface area contributed by atoms with Crippen LogP contribution in [0.4, 0.5) is 10.1 Å². The molecular weight excluding hydrogens is 245 g/mol. The zero-order valence-corrected chi connectivity index (χ0v) is 11.4. The maximum atomic E-state index is 13.1. The highest BCUT2D eigenvalue weighted by molar-refractivity contribution is 5.56. The van der Waals surface area contributed by atoms with E-state index in [0.29, 0.717) is 18.3 Å². The number of ether oxygens (including phenoxy) is 1. The summed E-state index contributed by atoms with van der Waals surface area (Å²) in [4.78, 5) is 0. The first-order valence-electron chi connectivity index (χ1n) is 6.21. The first kappa shape index (κ1) is 13.4. The second kappa shape index (κ2) is 5.73. The highest BCUT2D eigenvalue weighted by Gasteiger charge is 2.06. The number of hydrogen-bond acceptors (Lipinski definition) is 3. The van der Waals surface area contributed by atoms with Crippen LogP contribution in [-0.2, 0) is 6.54 Å². The van der Waals surface area contributed by atoms with Crippen molar-refractivity contribution in [3.8, 4) is 5.75 Å². The van der Waals surface area contributed by atoms with Crippen molar-refractivity contribution in [3.05, 3.63) is 42.0 Å². The largest absolute Gasteiger partial charge is 0.494 e. The molecule has 0 saturated carbocycles. The Kier molecular flexibility index (Phi) is 4.04.